The van der Waals surface area contributed by atoms with Gasteiger partial charge in [0.05, 0.1) is 5.69 Å². The molecule has 0 bridgehead atoms. The average Bonchev–Trinajstić information content (AvgIpc) is 3.35. The fourth-order valence-electron chi connectivity index (χ4n) is 4.54. The van der Waals surface area contributed by atoms with Crippen LogP contribution in [0.5, 0.6) is 0 Å². The lowest BCUT2D eigenvalue weighted by atomic mass is 10.00. The Hall–Kier alpha value is -2.94. The van der Waals surface area contributed by atoms with Gasteiger partial charge in [-0.25, -0.2) is 13.7 Å². The van der Waals surface area contributed by atoms with E-state index in [-0.39, 0.29) is 5.82 Å². The lowest BCUT2D eigenvalue weighted by Crippen LogP contribution is -2.43. The third-order valence-corrected chi connectivity index (χ3v) is 12.0. The number of anilines is 4. The molecule has 1 unspecified atom stereocenters. The van der Waals surface area contributed by atoms with E-state index in [1.807, 2.05) is 37.3 Å². The smallest absolute Gasteiger partial charge is 0.229 e. The Morgan fingerprint density at radius 3 is 2.59 bits per heavy atom. The predicted molar refractivity (Wildman–Crippen MR) is 161 cm³/mol. The number of benzene rings is 2. The Morgan fingerprint density at radius 2 is 1.85 bits per heavy atom. The van der Waals surface area contributed by atoms with E-state index in [0.29, 0.717) is 24.2 Å². The minimum atomic E-state index is -2.74. The second-order valence-electron chi connectivity index (χ2n) is 9.55. The van der Waals surface area contributed by atoms with Gasteiger partial charge < -0.3 is 20.5 Å². The highest BCUT2D eigenvalue weighted by Crippen LogP contribution is 2.35. The lowest BCUT2D eigenvalue weighted by molar-refractivity contribution is 0.267. The van der Waals surface area contributed by atoms with E-state index < -0.39 is 7.29 Å². The van der Waals surface area contributed by atoms with E-state index in [1.165, 1.54) is 12.1 Å². The zero-order valence-electron chi connectivity index (χ0n) is 21.5. The van der Waals surface area contributed by atoms with E-state index in [4.69, 9.17) is 4.52 Å². The van der Waals surface area contributed by atoms with Gasteiger partial charge in [0.15, 0.2) is 0 Å². The second kappa shape index (κ2) is 12.5. The molecule has 0 amide bonds. The summed E-state index contributed by atoms with van der Waals surface area (Å²) in [5, 5.41) is 13.8. The summed E-state index contributed by atoms with van der Waals surface area (Å²) in [4.78, 5) is 9.58. The molecule has 0 radical (unpaired) electrons. The number of aryl methyl sites for hydroxylation is 1. The van der Waals surface area contributed by atoms with Crippen LogP contribution in [0.3, 0.4) is 0 Å². The van der Waals surface area contributed by atoms with Crippen molar-refractivity contribution in [1.82, 2.24) is 24.7 Å². The van der Waals surface area contributed by atoms with Crippen molar-refractivity contribution in [2.75, 3.05) is 30.3 Å². The maximum Gasteiger partial charge on any atom is 0.229 e. The number of nitrogens with one attached hydrogen (secondary N) is 3. The van der Waals surface area contributed by atoms with Crippen molar-refractivity contribution in [2.45, 2.75) is 31.2 Å². The van der Waals surface area contributed by atoms with Gasteiger partial charge in [0.2, 0.25) is 5.95 Å². The summed E-state index contributed by atoms with van der Waals surface area (Å²) in [6.45, 7) is 5.00. The highest BCUT2D eigenvalue weighted by molar-refractivity contribution is 14.2. The number of halogens is 2. The van der Waals surface area contributed by atoms with E-state index in [0.717, 1.165) is 60.2 Å². The third-order valence-electron chi connectivity index (χ3n) is 6.49. The number of nitrogens with zero attached hydrogens (tertiary/aromatic N) is 4. The summed E-state index contributed by atoms with van der Waals surface area (Å²) >= 11 is 2.13. The molecular weight excluding hydrogens is 632 g/mol. The Bertz CT molecular complexity index is 1430. The van der Waals surface area contributed by atoms with Crippen molar-refractivity contribution >= 4 is 51.6 Å². The number of rotatable bonds is 10. The Labute approximate surface area is 240 Å². The second-order valence-corrected chi connectivity index (χ2v) is 15.6. The van der Waals surface area contributed by atoms with Crippen molar-refractivity contribution in [3.8, 4) is 0 Å². The minimum Gasteiger partial charge on any atom is -0.361 e. The van der Waals surface area contributed by atoms with E-state index in [2.05, 4.69) is 56.6 Å². The van der Waals surface area contributed by atoms with Gasteiger partial charge in [-0.1, -0.05) is 5.16 Å². The van der Waals surface area contributed by atoms with Crippen LogP contribution in [0.1, 0.15) is 24.3 Å². The van der Waals surface area contributed by atoms with E-state index >= 15 is 0 Å². The molecule has 1 saturated heterocycles. The lowest BCUT2D eigenvalue weighted by Gasteiger charge is -2.38. The van der Waals surface area contributed by atoms with Crippen molar-refractivity contribution in [2.24, 2.45) is 5.92 Å². The summed E-state index contributed by atoms with van der Waals surface area (Å²) in [6, 6.07) is 17.3. The first-order chi connectivity index (χ1) is 18.8. The highest BCUT2D eigenvalue weighted by Gasteiger charge is 2.29. The Morgan fingerprint density at radius 1 is 1.10 bits per heavy atom. The van der Waals surface area contributed by atoms with Gasteiger partial charge in [0, 0.05) is 76.7 Å². The largest absolute Gasteiger partial charge is 0.361 e. The number of aromatic nitrogens is 3. The molecule has 12 heteroatoms. The molecule has 4 aromatic rings. The van der Waals surface area contributed by atoms with E-state index in [9.17, 15) is 8.60 Å². The number of hydrogen-bond donors (Lipinski definition) is 4. The summed E-state index contributed by atoms with van der Waals surface area (Å²) < 4.78 is 34.3. The number of piperidine rings is 1. The molecule has 3 N–H and O–H groups in total. The first-order valence-corrected chi connectivity index (χ1v) is 17.2. The van der Waals surface area contributed by atoms with Crippen molar-refractivity contribution in [3.05, 3.63) is 84.1 Å². The number of thiol groups is 1. The fourth-order valence-corrected chi connectivity index (χ4v) is 8.36. The first-order valence-electron chi connectivity index (χ1n) is 12.8. The summed E-state index contributed by atoms with van der Waals surface area (Å²) in [6.07, 6.45) is 3.76. The van der Waals surface area contributed by atoms with Gasteiger partial charge in [-0.05, 0) is 86.8 Å². The van der Waals surface area contributed by atoms with Crippen LogP contribution >= 0.6 is 21.2 Å². The highest BCUT2D eigenvalue weighted by atomic mass is 127. The average molecular weight is 664 g/mol. The summed E-state index contributed by atoms with van der Waals surface area (Å²) in [5.41, 5.74) is 2.41. The van der Waals surface area contributed by atoms with Gasteiger partial charge in [-0.15, -0.1) is 0 Å². The molecule has 0 aliphatic carbocycles. The van der Waals surface area contributed by atoms with Gasteiger partial charge in [0.1, 0.15) is 17.4 Å². The molecule has 39 heavy (non-hydrogen) atoms. The van der Waals surface area contributed by atoms with Gasteiger partial charge in [-0.3, -0.25) is 4.21 Å². The monoisotopic (exact) mass is 663 g/mol. The van der Waals surface area contributed by atoms with Crippen LogP contribution in [-0.2, 0) is 13.8 Å². The maximum absolute atomic E-state index is 13.9. The van der Waals surface area contributed by atoms with Crippen LogP contribution in [-0.4, -0.2) is 43.3 Å². The van der Waals surface area contributed by atoms with Gasteiger partial charge in [-0.2, -0.15) is 4.98 Å². The first kappa shape index (κ1) is 27.6. The minimum absolute atomic E-state index is 0.295. The SMILES string of the molecule is Cc1cc(CNCC2CCCN([SH](=O)(I)c3ccc(Nc4nccc(Nc5ccc(F)cc5)n4)cc3)C2)no1. The maximum atomic E-state index is 13.9. The Balaban J connectivity index is 1.17. The van der Waals surface area contributed by atoms with Crippen LogP contribution in [0.25, 0.3) is 0 Å². The molecule has 2 aromatic heterocycles. The molecule has 2 aromatic carbocycles. The number of hydrogen-bond acceptors (Lipinski definition) is 8. The zero-order chi connectivity index (χ0) is 27.2. The fraction of sp³-hybridized carbons (Fsp3) is 0.296. The summed E-state index contributed by atoms with van der Waals surface area (Å²) in [7, 11) is -2.74. The Kier molecular flexibility index (Phi) is 8.85. The molecule has 1 aliphatic heterocycles. The molecule has 1 fully saturated rings. The molecule has 5 rings (SSSR count). The van der Waals surface area contributed by atoms with Crippen molar-refractivity contribution in [1.29, 1.82) is 0 Å². The molecule has 0 saturated carbocycles. The summed E-state index contributed by atoms with van der Waals surface area (Å²) in [5.74, 6) is 1.93. The van der Waals surface area contributed by atoms with Crippen LogP contribution in [0.2, 0.25) is 0 Å². The molecule has 206 valence electrons. The topological polar surface area (TPSA) is 108 Å². The molecule has 9 nitrogen and oxygen atoms in total. The third kappa shape index (κ3) is 7.38. The van der Waals surface area contributed by atoms with Crippen molar-refractivity contribution in [3.63, 3.8) is 0 Å². The van der Waals surface area contributed by atoms with Gasteiger partial charge in [0.25, 0.3) is 0 Å². The van der Waals surface area contributed by atoms with Crippen LogP contribution in [0, 0.1) is 18.7 Å². The normalized spacial score (nSPS) is 16.6. The van der Waals surface area contributed by atoms with Crippen LogP contribution in [0.15, 0.2) is 76.3 Å². The van der Waals surface area contributed by atoms with Crippen LogP contribution < -0.4 is 16.0 Å². The predicted octanol–water partition coefficient (Wildman–Crippen LogP) is 5.54. The zero-order valence-corrected chi connectivity index (χ0v) is 24.5. The van der Waals surface area contributed by atoms with Crippen molar-refractivity contribution < 1.29 is 13.1 Å². The standard InChI is InChI=1S/C27H31FIN7O2S/c1-19-15-24(35-38-19)17-30-16-20-3-2-14-36(18-20)39(29,37)25-10-8-23(9-11-25)33-27-31-13-12-26(34-27)32-22-6-4-21(28)5-7-22/h4-13,15,20,30,39H,2-3,14,16-18H2,1H3,(H2,31,32,33,34). The van der Waals surface area contributed by atoms with E-state index in [1.54, 1.807) is 24.4 Å². The molecule has 1 atom stereocenters. The van der Waals surface area contributed by atoms with Gasteiger partial charge >= 0.3 is 0 Å². The quantitative estimate of drug-likeness (QED) is 0.0996. The molecular formula is C27H31FIN7O2S. The molecule has 0 spiro atoms. The van der Waals surface area contributed by atoms with Crippen LogP contribution in [0.4, 0.5) is 27.5 Å². The molecule has 1 aliphatic rings. The molecule has 3 heterocycles.